The van der Waals surface area contributed by atoms with Crippen LogP contribution in [-0.4, -0.2) is 16.9 Å². The molecule has 1 aromatic carbocycles. The van der Waals surface area contributed by atoms with Crippen molar-refractivity contribution in [3.05, 3.63) is 35.0 Å². The van der Waals surface area contributed by atoms with Crippen LogP contribution in [0.2, 0.25) is 0 Å². The standard InChI is InChI=1S/C25H32N2O/c1-15(25-12-16-8-17(13-25)10-18(9-16)14-25)26-24(28)19-6-7-23-21(11-19)20-4-2-3-5-22(20)27-23/h6-7,11,15-18,27H,2-5,8-10,12-14H2,1H3,(H,26,28)/t15-,16?,17?,18?,25?/m0/s1. The Balaban J connectivity index is 1.25. The minimum Gasteiger partial charge on any atom is -0.358 e. The van der Waals surface area contributed by atoms with Crippen LogP contribution in [0.4, 0.5) is 0 Å². The number of aromatic nitrogens is 1. The first kappa shape index (κ1) is 17.1. The summed E-state index contributed by atoms with van der Waals surface area (Å²) >= 11 is 0. The van der Waals surface area contributed by atoms with E-state index in [1.54, 1.807) is 0 Å². The zero-order chi connectivity index (χ0) is 18.9. The Morgan fingerprint density at radius 2 is 1.75 bits per heavy atom. The molecule has 28 heavy (non-hydrogen) atoms. The highest BCUT2D eigenvalue weighted by molar-refractivity contribution is 5.99. The number of rotatable bonds is 3. The second-order valence-electron chi connectivity index (χ2n) is 10.5. The van der Waals surface area contributed by atoms with E-state index in [1.807, 2.05) is 6.07 Å². The van der Waals surface area contributed by atoms with Crippen molar-refractivity contribution in [3.63, 3.8) is 0 Å². The zero-order valence-electron chi connectivity index (χ0n) is 17.0. The fourth-order valence-electron chi connectivity index (χ4n) is 7.69. The van der Waals surface area contributed by atoms with Crippen molar-refractivity contribution in [2.24, 2.45) is 23.2 Å². The van der Waals surface area contributed by atoms with E-state index < -0.39 is 0 Å². The summed E-state index contributed by atoms with van der Waals surface area (Å²) in [6, 6.07) is 6.53. The van der Waals surface area contributed by atoms with Crippen LogP contribution in [-0.2, 0) is 12.8 Å². The molecule has 4 saturated carbocycles. The van der Waals surface area contributed by atoms with Crippen LogP contribution in [0.25, 0.3) is 10.9 Å². The summed E-state index contributed by atoms with van der Waals surface area (Å²) in [6.07, 6.45) is 13.2. The molecule has 1 heterocycles. The van der Waals surface area contributed by atoms with E-state index >= 15 is 0 Å². The minimum atomic E-state index is 0.121. The van der Waals surface area contributed by atoms with Crippen LogP contribution < -0.4 is 5.32 Å². The van der Waals surface area contributed by atoms with E-state index in [1.165, 1.54) is 73.5 Å². The number of aromatic amines is 1. The number of fused-ring (bicyclic) bond motifs is 3. The van der Waals surface area contributed by atoms with Crippen LogP contribution in [0.3, 0.4) is 0 Å². The fourth-order valence-corrected chi connectivity index (χ4v) is 7.69. The summed E-state index contributed by atoms with van der Waals surface area (Å²) in [4.78, 5) is 16.7. The Hall–Kier alpha value is -1.77. The van der Waals surface area contributed by atoms with Crippen molar-refractivity contribution >= 4 is 16.8 Å². The maximum Gasteiger partial charge on any atom is 0.251 e. The van der Waals surface area contributed by atoms with Gasteiger partial charge in [-0.1, -0.05) is 0 Å². The number of aryl methyl sites for hydroxylation is 2. The smallest absolute Gasteiger partial charge is 0.251 e. The largest absolute Gasteiger partial charge is 0.358 e. The third-order valence-electron chi connectivity index (χ3n) is 8.71. The van der Waals surface area contributed by atoms with Gasteiger partial charge in [0.2, 0.25) is 0 Å². The highest BCUT2D eigenvalue weighted by atomic mass is 16.1. The van der Waals surface area contributed by atoms with Crippen molar-refractivity contribution in [3.8, 4) is 0 Å². The number of hydrogen-bond acceptors (Lipinski definition) is 1. The predicted molar refractivity (Wildman–Crippen MR) is 112 cm³/mol. The van der Waals surface area contributed by atoms with Gasteiger partial charge in [0.05, 0.1) is 0 Å². The van der Waals surface area contributed by atoms with Gasteiger partial charge < -0.3 is 10.3 Å². The lowest BCUT2D eigenvalue weighted by atomic mass is 9.48. The van der Waals surface area contributed by atoms with Gasteiger partial charge >= 0.3 is 0 Å². The molecule has 0 aliphatic heterocycles. The van der Waals surface area contributed by atoms with E-state index in [-0.39, 0.29) is 11.9 Å². The lowest BCUT2D eigenvalue weighted by Gasteiger charge is -2.59. The molecule has 7 rings (SSSR count). The Kier molecular flexibility index (Phi) is 3.74. The number of amides is 1. The quantitative estimate of drug-likeness (QED) is 0.742. The number of nitrogens with one attached hydrogen (secondary N) is 2. The van der Waals surface area contributed by atoms with E-state index in [2.05, 4.69) is 29.4 Å². The van der Waals surface area contributed by atoms with Gasteiger partial charge in [-0.25, -0.2) is 0 Å². The van der Waals surface area contributed by atoms with Crippen LogP contribution >= 0.6 is 0 Å². The molecule has 3 heteroatoms. The van der Waals surface area contributed by atoms with Crippen molar-refractivity contribution in [1.82, 2.24) is 10.3 Å². The third kappa shape index (κ3) is 2.58. The van der Waals surface area contributed by atoms with Crippen molar-refractivity contribution < 1.29 is 4.79 Å². The molecule has 3 nitrogen and oxygen atoms in total. The highest BCUT2D eigenvalue weighted by Gasteiger charge is 2.53. The van der Waals surface area contributed by atoms with Crippen LogP contribution in [0.1, 0.15) is 79.9 Å². The highest BCUT2D eigenvalue weighted by Crippen LogP contribution is 2.61. The van der Waals surface area contributed by atoms with Crippen molar-refractivity contribution in [2.75, 3.05) is 0 Å². The molecule has 5 aliphatic carbocycles. The average molecular weight is 377 g/mol. The topological polar surface area (TPSA) is 44.9 Å². The molecule has 0 radical (unpaired) electrons. The molecular weight excluding hydrogens is 344 g/mol. The number of carbonyl (C=O) groups is 1. The average Bonchev–Trinajstić information content (AvgIpc) is 3.04. The van der Waals surface area contributed by atoms with Gasteiger partial charge in [-0.15, -0.1) is 0 Å². The van der Waals surface area contributed by atoms with Gasteiger partial charge in [0.1, 0.15) is 0 Å². The number of hydrogen-bond donors (Lipinski definition) is 2. The van der Waals surface area contributed by atoms with Gasteiger partial charge in [-0.05, 0) is 118 Å². The van der Waals surface area contributed by atoms with Gasteiger partial charge in [0, 0.05) is 28.2 Å². The van der Waals surface area contributed by atoms with E-state index in [0.29, 0.717) is 5.41 Å². The maximum absolute atomic E-state index is 13.2. The monoisotopic (exact) mass is 376 g/mol. The molecule has 1 amide bonds. The summed E-state index contributed by atoms with van der Waals surface area (Å²) in [5, 5.41) is 4.71. The number of carbonyl (C=O) groups excluding carboxylic acids is 1. The van der Waals surface area contributed by atoms with Gasteiger partial charge in [0.25, 0.3) is 5.91 Å². The van der Waals surface area contributed by atoms with Gasteiger partial charge in [-0.3, -0.25) is 4.79 Å². The van der Waals surface area contributed by atoms with E-state index in [9.17, 15) is 4.79 Å². The molecule has 1 atom stereocenters. The lowest BCUT2D eigenvalue weighted by molar-refractivity contribution is -0.0688. The van der Waals surface area contributed by atoms with E-state index in [0.717, 1.165) is 36.2 Å². The number of benzene rings is 1. The molecule has 0 unspecified atom stereocenters. The molecular formula is C25H32N2O. The molecule has 4 bridgehead atoms. The Labute approximate surface area is 167 Å². The summed E-state index contributed by atoms with van der Waals surface area (Å²) < 4.78 is 0. The first-order valence-corrected chi connectivity index (χ1v) is 11.5. The zero-order valence-corrected chi connectivity index (χ0v) is 17.0. The first-order valence-electron chi connectivity index (χ1n) is 11.5. The molecule has 5 aliphatic rings. The number of H-pyrrole nitrogens is 1. The molecule has 0 spiro atoms. The second-order valence-corrected chi connectivity index (χ2v) is 10.5. The van der Waals surface area contributed by atoms with Crippen LogP contribution in [0.15, 0.2) is 18.2 Å². The van der Waals surface area contributed by atoms with Crippen molar-refractivity contribution in [2.45, 2.75) is 77.2 Å². The van der Waals surface area contributed by atoms with Crippen molar-refractivity contribution in [1.29, 1.82) is 0 Å². The maximum atomic E-state index is 13.2. The molecule has 0 saturated heterocycles. The minimum absolute atomic E-state index is 0.121. The van der Waals surface area contributed by atoms with E-state index in [4.69, 9.17) is 0 Å². The van der Waals surface area contributed by atoms with Gasteiger partial charge in [-0.2, -0.15) is 0 Å². The molecule has 4 fully saturated rings. The summed E-state index contributed by atoms with van der Waals surface area (Å²) in [7, 11) is 0. The molecule has 2 N–H and O–H groups in total. The fraction of sp³-hybridized carbons (Fsp3) is 0.640. The molecule has 148 valence electrons. The SMILES string of the molecule is C[C@H](NC(=O)c1ccc2[nH]c3c(c2c1)CCCC3)C12CC3CC(CC(C3)C1)C2. The first-order chi connectivity index (χ1) is 13.6. The van der Waals surface area contributed by atoms with Crippen LogP contribution in [0.5, 0.6) is 0 Å². The summed E-state index contributed by atoms with van der Waals surface area (Å²) in [5.41, 5.74) is 5.22. The second kappa shape index (κ2) is 6.11. The van der Waals surface area contributed by atoms with Crippen LogP contribution in [0, 0.1) is 23.2 Å². The Morgan fingerprint density at radius 3 is 2.46 bits per heavy atom. The lowest BCUT2D eigenvalue weighted by Crippen LogP contribution is -2.55. The Bertz CT molecular complexity index is 904. The normalized spacial score (nSPS) is 34.4. The predicted octanol–water partition coefficient (Wildman–Crippen LogP) is 5.38. The summed E-state index contributed by atoms with van der Waals surface area (Å²) in [5.74, 6) is 2.89. The molecule has 1 aromatic heterocycles. The third-order valence-corrected chi connectivity index (χ3v) is 8.71. The molecule has 2 aromatic rings. The summed E-state index contributed by atoms with van der Waals surface area (Å²) in [6.45, 7) is 2.28. The Morgan fingerprint density at radius 1 is 1.07 bits per heavy atom. The van der Waals surface area contributed by atoms with Gasteiger partial charge in [0.15, 0.2) is 0 Å².